The highest BCUT2D eigenvalue weighted by molar-refractivity contribution is 9.10. The summed E-state index contributed by atoms with van der Waals surface area (Å²) < 4.78 is 17.4. The Morgan fingerprint density at radius 3 is 2.84 bits per heavy atom. The van der Waals surface area contributed by atoms with Crippen LogP contribution in [0.2, 0.25) is 0 Å². The molecule has 0 aliphatic rings. The van der Waals surface area contributed by atoms with Crippen molar-refractivity contribution >= 4 is 27.5 Å². The van der Waals surface area contributed by atoms with Gasteiger partial charge in [-0.15, -0.1) is 0 Å². The van der Waals surface area contributed by atoms with E-state index in [1.165, 1.54) is 12.1 Å². The van der Waals surface area contributed by atoms with Gasteiger partial charge in [-0.1, -0.05) is 12.1 Å². The molecular weight excluding hydrogens is 389 g/mol. The van der Waals surface area contributed by atoms with Crippen LogP contribution in [0, 0.1) is 12.7 Å². The summed E-state index contributed by atoms with van der Waals surface area (Å²) in [6.45, 7) is 4.09. The first-order chi connectivity index (χ1) is 11.9. The molecule has 2 aromatic heterocycles. The number of carbonyl (C=O) groups is 1. The molecular formula is C17H17BrFN5O. The van der Waals surface area contributed by atoms with Gasteiger partial charge in [-0.3, -0.25) is 14.2 Å². The van der Waals surface area contributed by atoms with Gasteiger partial charge < -0.3 is 5.32 Å². The lowest BCUT2D eigenvalue weighted by Crippen LogP contribution is -2.25. The molecule has 0 radical (unpaired) electrons. The van der Waals surface area contributed by atoms with E-state index in [0.717, 1.165) is 15.7 Å². The van der Waals surface area contributed by atoms with Crippen LogP contribution in [0.1, 0.15) is 24.2 Å². The highest BCUT2D eigenvalue weighted by Crippen LogP contribution is 2.19. The lowest BCUT2D eigenvalue weighted by molar-refractivity contribution is -0.119. The smallest absolute Gasteiger partial charge is 0.249 e. The second-order valence-corrected chi connectivity index (χ2v) is 6.60. The van der Waals surface area contributed by atoms with Crippen LogP contribution in [0.4, 0.5) is 10.1 Å². The van der Waals surface area contributed by atoms with Crippen LogP contribution in [0.25, 0.3) is 0 Å². The first-order valence-corrected chi connectivity index (χ1v) is 8.50. The molecule has 2 heterocycles. The summed E-state index contributed by atoms with van der Waals surface area (Å²) in [4.78, 5) is 12.4. The van der Waals surface area contributed by atoms with Crippen molar-refractivity contribution in [2.24, 2.45) is 0 Å². The molecule has 1 N–H and O–H groups in total. The van der Waals surface area contributed by atoms with Gasteiger partial charge in [-0.05, 0) is 47.5 Å². The van der Waals surface area contributed by atoms with E-state index in [0.29, 0.717) is 12.2 Å². The summed E-state index contributed by atoms with van der Waals surface area (Å²) in [5.41, 5.74) is 2.26. The maximum Gasteiger partial charge on any atom is 0.249 e. The number of halogens is 2. The van der Waals surface area contributed by atoms with Gasteiger partial charge in [0.15, 0.2) is 0 Å². The molecule has 1 amide bonds. The van der Waals surface area contributed by atoms with Crippen LogP contribution >= 0.6 is 15.9 Å². The average molecular weight is 406 g/mol. The first kappa shape index (κ1) is 17.3. The number of rotatable bonds is 5. The second-order valence-electron chi connectivity index (χ2n) is 5.74. The molecule has 0 aliphatic carbocycles. The van der Waals surface area contributed by atoms with E-state index >= 15 is 0 Å². The van der Waals surface area contributed by atoms with Crippen LogP contribution in [0.3, 0.4) is 0 Å². The number of hydrogen-bond donors (Lipinski definition) is 1. The van der Waals surface area contributed by atoms with E-state index in [-0.39, 0.29) is 11.7 Å². The van der Waals surface area contributed by atoms with Gasteiger partial charge >= 0.3 is 0 Å². The Morgan fingerprint density at radius 1 is 1.36 bits per heavy atom. The molecule has 8 heteroatoms. The fourth-order valence-electron chi connectivity index (χ4n) is 2.49. The van der Waals surface area contributed by atoms with Gasteiger partial charge in [0, 0.05) is 6.20 Å². The van der Waals surface area contributed by atoms with E-state index < -0.39 is 6.04 Å². The molecule has 0 aliphatic heterocycles. The third kappa shape index (κ3) is 3.96. The molecule has 0 fully saturated rings. The number of nitrogens with one attached hydrogen (secondary N) is 1. The maximum absolute atomic E-state index is 13.2. The minimum absolute atomic E-state index is 0.191. The number of hydrogen-bond acceptors (Lipinski definition) is 3. The molecule has 0 spiro atoms. The summed E-state index contributed by atoms with van der Waals surface area (Å²) in [5, 5.41) is 11.2. The molecule has 3 rings (SSSR count). The topological polar surface area (TPSA) is 64.7 Å². The molecule has 6 nitrogen and oxygen atoms in total. The van der Waals surface area contributed by atoms with Crippen molar-refractivity contribution in [3.8, 4) is 0 Å². The fourth-order valence-corrected chi connectivity index (χ4v) is 2.76. The Hall–Kier alpha value is -2.48. The van der Waals surface area contributed by atoms with Crippen molar-refractivity contribution in [2.45, 2.75) is 26.4 Å². The second kappa shape index (κ2) is 7.18. The summed E-state index contributed by atoms with van der Waals surface area (Å²) >= 11 is 3.39. The van der Waals surface area contributed by atoms with Crippen LogP contribution in [0.5, 0.6) is 0 Å². The highest BCUT2D eigenvalue weighted by atomic mass is 79.9. The molecule has 0 saturated carbocycles. The number of amides is 1. The van der Waals surface area contributed by atoms with Crippen molar-refractivity contribution in [3.63, 3.8) is 0 Å². The van der Waals surface area contributed by atoms with Gasteiger partial charge in [0.25, 0.3) is 0 Å². The molecule has 0 saturated heterocycles. The zero-order chi connectivity index (χ0) is 18.0. The van der Waals surface area contributed by atoms with E-state index in [2.05, 4.69) is 31.4 Å². The molecule has 0 bridgehead atoms. The monoisotopic (exact) mass is 405 g/mol. The third-order valence-electron chi connectivity index (χ3n) is 3.87. The van der Waals surface area contributed by atoms with Crippen molar-refractivity contribution in [3.05, 3.63) is 64.4 Å². The lowest BCUT2D eigenvalue weighted by Gasteiger charge is -2.13. The first-order valence-electron chi connectivity index (χ1n) is 7.71. The summed E-state index contributed by atoms with van der Waals surface area (Å²) in [6.07, 6.45) is 4.94. The average Bonchev–Trinajstić information content (AvgIpc) is 3.14. The van der Waals surface area contributed by atoms with E-state index in [9.17, 15) is 9.18 Å². The van der Waals surface area contributed by atoms with Gasteiger partial charge in [0.05, 0.1) is 34.8 Å². The molecule has 1 aromatic carbocycles. The van der Waals surface area contributed by atoms with E-state index in [1.807, 2.05) is 13.0 Å². The molecule has 1 unspecified atom stereocenters. The van der Waals surface area contributed by atoms with E-state index in [4.69, 9.17) is 0 Å². The standard InChI is InChI=1S/C17H17BrFN5O/c1-11-16(18)8-21-24(11)12(2)17(25)22-15-7-20-23(10-15)9-13-4-3-5-14(19)6-13/h3-8,10,12H,9H2,1-2H3,(H,22,25). The third-order valence-corrected chi connectivity index (χ3v) is 4.64. The Labute approximate surface area is 152 Å². The lowest BCUT2D eigenvalue weighted by atomic mass is 10.2. The van der Waals surface area contributed by atoms with Crippen LogP contribution in [0.15, 0.2) is 47.3 Å². The fraction of sp³-hybridized carbons (Fsp3) is 0.235. The normalized spacial score (nSPS) is 12.2. The zero-order valence-electron chi connectivity index (χ0n) is 13.8. The van der Waals surface area contributed by atoms with Gasteiger partial charge in [0.1, 0.15) is 11.9 Å². The van der Waals surface area contributed by atoms with Crippen molar-refractivity contribution in [1.82, 2.24) is 19.6 Å². The van der Waals surface area contributed by atoms with Gasteiger partial charge in [-0.25, -0.2) is 4.39 Å². The Morgan fingerprint density at radius 2 is 2.16 bits per heavy atom. The largest absolute Gasteiger partial charge is 0.322 e. The Balaban J connectivity index is 1.66. The number of anilines is 1. The van der Waals surface area contributed by atoms with Crippen LogP contribution in [-0.2, 0) is 11.3 Å². The van der Waals surface area contributed by atoms with Crippen molar-refractivity contribution < 1.29 is 9.18 Å². The number of benzene rings is 1. The number of aromatic nitrogens is 4. The highest BCUT2D eigenvalue weighted by Gasteiger charge is 2.19. The molecule has 3 aromatic rings. The molecule has 130 valence electrons. The summed E-state index contributed by atoms with van der Waals surface area (Å²) in [7, 11) is 0. The van der Waals surface area contributed by atoms with Crippen LogP contribution in [-0.4, -0.2) is 25.5 Å². The number of carbonyl (C=O) groups excluding carboxylic acids is 1. The predicted molar refractivity (Wildman–Crippen MR) is 95.7 cm³/mol. The maximum atomic E-state index is 13.2. The van der Waals surface area contributed by atoms with E-state index in [1.54, 1.807) is 40.9 Å². The van der Waals surface area contributed by atoms with Crippen molar-refractivity contribution in [2.75, 3.05) is 5.32 Å². The molecule has 25 heavy (non-hydrogen) atoms. The predicted octanol–water partition coefficient (Wildman–Crippen LogP) is 3.54. The quantitative estimate of drug-likeness (QED) is 0.705. The summed E-state index contributed by atoms with van der Waals surface area (Å²) in [5.74, 6) is -0.475. The SMILES string of the molecule is Cc1c(Br)cnn1C(C)C(=O)Nc1cnn(Cc2cccc(F)c2)c1. The van der Waals surface area contributed by atoms with Crippen molar-refractivity contribution in [1.29, 1.82) is 0 Å². The Kier molecular flexibility index (Phi) is 4.98. The summed E-state index contributed by atoms with van der Waals surface area (Å²) in [6, 6.07) is 5.88. The Bertz CT molecular complexity index is 904. The van der Waals surface area contributed by atoms with Gasteiger partial charge in [0.2, 0.25) is 5.91 Å². The zero-order valence-corrected chi connectivity index (χ0v) is 15.4. The minimum atomic E-state index is -0.460. The number of nitrogens with zero attached hydrogens (tertiary/aromatic N) is 4. The molecule has 1 atom stereocenters. The minimum Gasteiger partial charge on any atom is -0.322 e. The van der Waals surface area contributed by atoms with Gasteiger partial charge in [-0.2, -0.15) is 10.2 Å². The van der Waals surface area contributed by atoms with Crippen LogP contribution < -0.4 is 5.32 Å².